The van der Waals surface area contributed by atoms with Gasteiger partial charge >= 0.3 is 12.2 Å². The first kappa shape index (κ1) is 19.3. The third-order valence-corrected chi connectivity index (χ3v) is 4.04. The summed E-state index contributed by atoms with van der Waals surface area (Å²) < 4.78 is 36.2. The summed E-state index contributed by atoms with van der Waals surface area (Å²) in [5.74, 6) is -2.09. The molecule has 142 valence electrons. The summed E-state index contributed by atoms with van der Waals surface area (Å²) in [5.41, 5.74) is 3.67. The topological polar surface area (TPSA) is 91.0 Å². The number of fused-ring (bicyclic) bond motifs is 2. The van der Waals surface area contributed by atoms with Gasteiger partial charge in [0.15, 0.2) is 0 Å². The number of urea groups is 1. The number of nitrogens with one attached hydrogen (secondary N) is 2. The molecule has 0 radical (unpaired) electrons. The van der Waals surface area contributed by atoms with Gasteiger partial charge in [0.2, 0.25) is 5.91 Å². The second-order valence-electron chi connectivity index (χ2n) is 6.02. The van der Waals surface area contributed by atoms with Crippen molar-refractivity contribution < 1.29 is 32.4 Å². The van der Waals surface area contributed by atoms with E-state index < -0.39 is 36.5 Å². The number of hydrogen-bond acceptors (Lipinski definition) is 4. The zero-order valence-electron chi connectivity index (χ0n) is 13.8. The summed E-state index contributed by atoms with van der Waals surface area (Å²) in [4.78, 5) is 42.3. The van der Waals surface area contributed by atoms with E-state index in [0.717, 1.165) is 12.8 Å². The highest BCUT2D eigenvalue weighted by atomic mass is 19.4. The maximum atomic E-state index is 12.3. The molecule has 2 saturated heterocycles. The average molecular weight is 366 g/mol. The molecule has 11 heteroatoms. The van der Waals surface area contributed by atoms with Crippen molar-refractivity contribution in [1.82, 2.24) is 20.8 Å². The zero-order chi connectivity index (χ0) is 18.6. The Kier molecular flexibility index (Phi) is 6.09. The molecule has 2 fully saturated rings. The van der Waals surface area contributed by atoms with Gasteiger partial charge in [-0.05, 0) is 19.3 Å². The SMILES string of the molecule is CCCCON1C(=O)N2C[C@@H]1CC[C@H]2C(=O)NNC(=O)CC(F)(F)F. The van der Waals surface area contributed by atoms with Crippen molar-refractivity contribution in [3.8, 4) is 0 Å². The van der Waals surface area contributed by atoms with E-state index in [-0.39, 0.29) is 6.04 Å². The van der Waals surface area contributed by atoms with Crippen LogP contribution < -0.4 is 10.9 Å². The molecule has 0 unspecified atom stereocenters. The van der Waals surface area contributed by atoms with Crippen LogP contribution in [-0.4, -0.2) is 59.2 Å². The van der Waals surface area contributed by atoms with Gasteiger partial charge in [-0.2, -0.15) is 18.2 Å². The monoisotopic (exact) mass is 366 g/mol. The summed E-state index contributed by atoms with van der Waals surface area (Å²) in [5, 5.41) is 1.27. The van der Waals surface area contributed by atoms with Gasteiger partial charge in [0, 0.05) is 6.54 Å². The van der Waals surface area contributed by atoms with Crippen LogP contribution in [0.1, 0.15) is 39.0 Å². The summed E-state index contributed by atoms with van der Waals surface area (Å²) in [7, 11) is 0. The molecule has 0 aromatic heterocycles. The fourth-order valence-electron chi connectivity index (χ4n) is 2.82. The number of piperidine rings is 1. The number of amides is 4. The molecule has 0 aromatic carbocycles. The van der Waals surface area contributed by atoms with Crippen LogP contribution in [0.25, 0.3) is 0 Å². The van der Waals surface area contributed by atoms with Crippen LogP contribution in [0.15, 0.2) is 0 Å². The molecule has 2 N–H and O–H groups in total. The van der Waals surface area contributed by atoms with Crippen molar-refractivity contribution in [3.05, 3.63) is 0 Å². The lowest BCUT2D eigenvalue weighted by Gasteiger charge is -2.29. The normalized spacial score (nSPS) is 23.0. The van der Waals surface area contributed by atoms with Crippen LogP contribution in [0.3, 0.4) is 0 Å². The number of rotatable bonds is 6. The van der Waals surface area contributed by atoms with E-state index in [1.807, 2.05) is 12.3 Å². The molecule has 2 heterocycles. The highest BCUT2D eigenvalue weighted by Gasteiger charge is 2.48. The van der Waals surface area contributed by atoms with Gasteiger partial charge < -0.3 is 4.90 Å². The number of halogens is 3. The van der Waals surface area contributed by atoms with Crippen molar-refractivity contribution in [3.63, 3.8) is 0 Å². The van der Waals surface area contributed by atoms with Crippen LogP contribution >= 0.6 is 0 Å². The molecular formula is C14H21F3N4O4. The average Bonchev–Trinajstić information content (AvgIpc) is 2.76. The molecule has 0 spiro atoms. The molecule has 2 rings (SSSR count). The molecule has 2 atom stereocenters. The van der Waals surface area contributed by atoms with E-state index in [4.69, 9.17) is 4.84 Å². The quantitative estimate of drug-likeness (QED) is 0.544. The smallest absolute Gasteiger partial charge is 0.309 e. The van der Waals surface area contributed by atoms with Crippen LogP contribution in [0, 0.1) is 0 Å². The zero-order valence-corrected chi connectivity index (χ0v) is 13.8. The highest BCUT2D eigenvalue weighted by Crippen LogP contribution is 2.30. The van der Waals surface area contributed by atoms with Crippen molar-refractivity contribution in [2.75, 3.05) is 13.2 Å². The summed E-state index contributed by atoms with van der Waals surface area (Å²) in [6.45, 7) is 2.70. The number of carbonyl (C=O) groups excluding carboxylic acids is 3. The Morgan fingerprint density at radius 3 is 2.64 bits per heavy atom. The third-order valence-electron chi connectivity index (χ3n) is 4.04. The van der Waals surface area contributed by atoms with E-state index in [2.05, 4.69) is 0 Å². The lowest BCUT2D eigenvalue weighted by atomic mass is 10.0. The largest absolute Gasteiger partial charge is 0.397 e. The Hall–Kier alpha value is -2.04. The van der Waals surface area contributed by atoms with Gasteiger partial charge in [0.1, 0.15) is 12.5 Å². The number of hydroxylamine groups is 2. The van der Waals surface area contributed by atoms with Gasteiger partial charge in [0.25, 0.3) is 5.91 Å². The highest BCUT2D eigenvalue weighted by molar-refractivity contribution is 5.90. The minimum atomic E-state index is -4.66. The number of alkyl halides is 3. The standard InChI is InChI=1S/C14H21F3N4O4/c1-2-3-6-25-21-9-4-5-10(20(8-9)13(21)24)12(23)19-18-11(22)7-14(15,16)17/h9-10H,2-8H2,1H3,(H,18,22)(H,19,23)/t9-,10-/m0/s1. The first-order valence-electron chi connectivity index (χ1n) is 8.11. The van der Waals surface area contributed by atoms with Crippen molar-refractivity contribution in [1.29, 1.82) is 0 Å². The van der Waals surface area contributed by atoms with E-state index in [1.165, 1.54) is 9.96 Å². The summed E-state index contributed by atoms with van der Waals surface area (Å²) in [6, 6.07) is -1.44. The molecule has 0 aromatic rings. The fourth-order valence-corrected chi connectivity index (χ4v) is 2.82. The maximum Gasteiger partial charge on any atom is 0.397 e. The number of hydrogen-bond donors (Lipinski definition) is 2. The molecule has 8 nitrogen and oxygen atoms in total. The van der Waals surface area contributed by atoms with Crippen LogP contribution in [-0.2, 0) is 14.4 Å². The first-order valence-corrected chi connectivity index (χ1v) is 8.11. The van der Waals surface area contributed by atoms with E-state index in [0.29, 0.717) is 26.0 Å². The molecule has 2 bridgehead atoms. The van der Waals surface area contributed by atoms with Crippen molar-refractivity contribution in [2.24, 2.45) is 0 Å². The van der Waals surface area contributed by atoms with Crippen molar-refractivity contribution >= 4 is 17.8 Å². The Balaban J connectivity index is 1.86. The maximum absolute atomic E-state index is 12.3. The van der Waals surface area contributed by atoms with Crippen LogP contribution in [0.4, 0.5) is 18.0 Å². The van der Waals surface area contributed by atoms with Gasteiger partial charge in [-0.15, -0.1) is 0 Å². The van der Waals surface area contributed by atoms with Gasteiger partial charge in [-0.1, -0.05) is 13.3 Å². The van der Waals surface area contributed by atoms with Gasteiger partial charge in [-0.3, -0.25) is 25.3 Å². The molecule has 25 heavy (non-hydrogen) atoms. The molecule has 2 aliphatic rings. The lowest BCUT2D eigenvalue weighted by molar-refractivity contribution is -0.155. The van der Waals surface area contributed by atoms with Crippen LogP contribution in [0.5, 0.6) is 0 Å². The number of nitrogens with zero attached hydrogens (tertiary/aromatic N) is 2. The number of unbranched alkanes of at least 4 members (excludes halogenated alkanes) is 1. The summed E-state index contributed by atoms with van der Waals surface area (Å²) in [6.07, 6.45) is -3.77. The van der Waals surface area contributed by atoms with E-state index in [9.17, 15) is 27.6 Å². The minimum Gasteiger partial charge on any atom is -0.309 e. The molecular weight excluding hydrogens is 345 g/mol. The second-order valence-corrected chi connectivity index (χ2v) is 6.02. The predicted octanol–water partition coefficient (Wildman–Crippen LogP) is 1.09. The Labute approximate surface area is 142 Å². The van der Waals surface area contributed by atoms with Gasteiger partial charge in [0.05, 0.1) is 12.6 Å². The number of hydrazine groups is 1. The Morgan fingerprint density at radius 2 is 2.00 bits per heavy atom. The van der Waals surface area contributed by atoms with Crippen molar-refractivity contribution in [2.45, 2.75) is 57.3 Å². The number of carbonyl (C=O) groups is 3. The molecule has 2 aliphatic heterocycles. The fraction of sp³-hybridized carbons (Fsp3) is 0.786. The third kappa shape index (κ3) is 4.97. The predicted molar refractivity (Wildman–Crippen MR) is 78.6 cm³/mol. The van der Waals surface area contributed by atoms with Gasteiger partial charge in [-0.25, -0.2) is 4.79 Å². The van der Waals surface area contributed by atoms with Crippen LogP contribution in [0.2, 0.25) is 0 Å². The first-order chi connectivity index (χ1) is 11.7. The Morgan fingerprint density at radius 1 is 1.28 bits per heavy atom. The molecule has 4 amide bonds. The lowest BCUT2D eigenvalue weighted by Crippen LogP contribution is -2.54. The Bertz CT molecular complexity index is 529. The molecule has 0 aliphatic carbocycles. The molecule has 0 saturated carbocycles. The van der Waals surface area contributed by atoms with E-state index >= 15 is 0 Å². The summed E-state index contributed by atoms with van der Waals surface area (Å²) >= 11 is 0. The minimum absolute atomic E-state index is 0.145. The van der Waals surface area contributed by atoms with E-state index in [1.54, 1.807) is 5.43 Å². The second kappa shape index (κ2) is 7.89.